The highest BCUT2D eigenvalue weighted by atomic mass is 32.2. The first kappa shape index (κ1) is 19.4. The molecule has 0 aliphatic carbocycles. The summed E-state index contributed by atoms with van der Waals surface area (Å²) in [5, 5.41) is 5.09. The van der Waals surface area contributed by atoms with E-state index in [1.54, 1.807) is 30.3 Å². The monoisotopic (exact) mass is 426 g/mol. The lowest BCUT2D eigenvalue weighted by atomic mass is 10.1. The number of hydrogen-bond donors (Lipinski definition) is 4. The van der Waals surface area contributed by atoms with E-state index in [1.165, 1.54) is 6.07 Å². The zero-order valence-electron chi connectivity index (χ0n) is 15.1. The number of nitrogens with one attached hydrogen (secondary N) is 2. The van der Waals surface area contributed by atoms with E-state index in [2.05, 4.69) is 10.6 Å². The summed E-state index contributed by atoms with van der Waals surface area (Å²) in [4.78, 5) is 36.3. The Balaban J connectivity index is 2.00. The fourth-order valence-corrected chi connectivity index (χ4v) is 3.67. The quantitative estimate of drug-likeness (QED) is 0.358. The van der Waals surface area contributed by atoms with Gasteiger partial charge in [0, 0.05) is 11.8 Å². The molecule has 0 saturated heterocycles. The Morgan fingerprint density at radius 2 is 1.67 bits per heavy atom. The molecule has 3 aromatic rings. The maximum Gasteiger partial charge on any atom is 0.294 e. The van der Waals surface area contributed by atoms with Crippen molar-refractivity contribution in [2.24, 2.45) is 0 Å². The van der Waals surface area contributed by atoms with Crippen LogP contribution in [0.2, 0.25) is 0 Å². The fourth-order valence-electron chi connectivity index (χ4n) is 3.17. The van der Waals surface area contributed by atoms with Gasteiger partial charge in [-0.05, 0) is 30.3 Å². The van der Waals surface area contributed by atoms with Crippen molar-refractivity contribution < 1.29 is 22.6 Å². The molecule has 1 aromatic heterocycles. The molecular formula is C19H14N4O6S. The van der Waals surface area contributed by atoms with Crippen LogP contribution in [0.4, 0.5) is 17.2 Å². The summed E-state index contributed by atoms with van der Waals surface area (Å²) in [6, 6.07) is 13.3. The Bertz CT molecular complexity index is 1380. The minimum Gasteiger partial charge on any atom is -0.384 e. The van der Waals surface area contributed by atoms with Crippen LogP contribution in [-0.2, 0) is 10.1 Å². The lowest BCUT2D eigenvalue weighted by molar-refractivity contribution is 0.0880. The van der Waals surface area contributed by atoms with E-state index < -0.39 is 32.4 Å². The Hall–Kier alpha value is -3.96. The molecule has 5 N–H and O–H groups in total. The van der Waals surface area contributed by atoms with E-state index in [0.717, 1.165) is 22.8 Å². The first-order valence-electron chi connectivity index (χ1n) is 8.52. The summed E-state index contributed by atoms with van der Waals surface area (Å²) in [6.07, 6.45) is 0. The van der Waals surface area contributed by atoms with Gasteiger partial charge in [0.15, 0.2) is 0 Å². The highest BCUT2D eigenvalue weighted by molar-refractivity contribution is 7.85. The smallest absolute Gasteiger partial charge is 0.294 e. The fraction of sp³-hybridized carbons (Fsp3) is 0. The number of nitrogen functional groups attached to an aromatic ring is 1. The number of aromatic nitrogens is 1. The van der Waals surface area contributed by atoms with Crippen molar-refractivity contribution >= 4 is 39.1 Å². The van der Waals surface area contributed by atoms with Crippen LogP contribution in [0.5, 0.6) is 0 Å². The molecule has 0 radical (unpaired) electrons. The third-order valence-corrected chi connectivity index (χ3v) is 5.36. The molecule has 0 bridgehead atoms. The number of imide groups is 1. The topological polar surface area (TPSA) is 161 Å². The molecule has 0 unspecified atom stereocenters. The summed E-state index contributed by atoms with van der Waals surface area (Å²) in [6.45, 7) is 0. The average Bonchev–Trinajstić information content (AvgIpc) is 2.96. The number of benzene rings is 2. The second kappa shape index (κ2) is 6.83. The van der Waals surface area contributed by atoms with Crippen molar-refractivity contribution in [3.8, 4) is 5.69 Å². The lowest BCUT2D eigenvalue weighted by Crippen LogP contribution is -2.25. The molecule has 30 heavy (non-hydrogen) atoms. The molecule has 0 fully saturated rings. The number of hydrogen-bond acceptors (Lipinski definition) is 7. The maximum atomic E-state index is 12.8. The summed E-state index contributed by atoms with van der Waals surface area (Å²) < 4.78 is 33.6. The molecule has 10 nitrogen and oxygen atoms in total. The van der Waals surface area contributed by atoms with Gasteiger partial charge in [0.2, 0.25) is 0 Å². The number of pyridine rings is 1. The predicted molar refractivity (Wildman–Crippen MR) is 108 cm³/mol. The minimum absolute atomic E-state index is 0.0357. The van der Waals surface area contributed by atoms with E-state index in [4.69, 9.17) is 5.73 Å². The number of carbonyl (C=O) groups excluding carboxylic acids is 2. The van der Waals surface area contributed by atoms with Gasteiger partial charge in [-0.3, -0.25) is 28.8 Å². The van der Waals surface area contributed by atoms with Crippen LogP contribution < -0.4 is 21.9 Å². The van der Waals surface area contributed by atoms with Gasteiger partial charge in [0.05, 0.1) is 27.4 Å². The molecule has 2 heterocycles. The first-order chi connectivity index (χ1) is 14.2. The van der Waals surface area contributed by atoms with E-state index in [-0.39, 0.29) is 28.3 Å². The molecule has 1 aliphatic heterocycles. The molecule has 2 amide bonds. The van der Waals surface area contributed by atoms with Crippen molar-refractivity contribution in [1.29, 1.82) is 0 Å². The third kappa shape index (κ3) is 3.21. The van der Waals surface area contributed by atoms with Gasteiger partial charge in [0.1, 0.15) is 5.82 Å². The van der Waals surface area contributed by atoms with Gasteiger partial charge in [-0.15, -0.1) is 0 Å². The average molecular weight is 426 g/mol. The minimum atomic E-state index is -4.60. The number of fused-ring (bicyclic) bond motifs is 1. The van der Waals surface area contributed by atoms with E-state index >= 15 is 0 Å². The third-order valence-electron chi connectivity index (χ3n) is 4.51. The van der Waals surface area contributed by atoms with Gasteiger partial charge in [-0.2, -0.15) is 8.42 Å². The second-order valence-electron chi connectivity index (χ2n) is 6.42. The molecule has 1 aliphatic rings. The lowest BCUT2D eigenvalue weighted by Gasteiger charge is -2.17. The summed E-state index contributed by atoms with van der Waals surface area (Å²) in [5.74, 6) is -1.87. The molecule has 2 aromatic carbocycles. The van der Waals surface area contributed by atoms with Crippen molar-refractivity contribution in [2.75, 3.05) is 11.1 Å². The standard InChI is InChI=1S/C19H14N4O6S/c20-17-16-12(18(25)22-19(16)26)9-15(24)23(17)14-8-11(30(27,28)29)6-7-13(14)21-10-4-2-1-3-5-10/h1-9,21H,20H2,(H,22,25,26)(H,27,28,29). The van der Waals surface area contributed by atoms with Gasteiger partial charge in [0.25, 0.3) is 27.5 Å². The summed E-state index contributed by atoms with van der Waals surface area (Å²) in [7, 11) is -4.60. The van der Waals surface area contributed by atoms with Gasteiger partial charge < -0.3 is 11.1 Å². The Labute approximate surface area is 169 Å². The van der Waals surface area contributed by atoms with Gasteiger partial charge in [-0.25, -0.2) is 0 Å². The number of amides is 2. The molecule has 4 rings (SSSR count). The number of rotatable bonds is 4. The van der Waals surface area contributed by atoms with Crippen LogP contribution in [0.25, 0.3) is 5.69 Å². The van der Waals surface area contributed by atoms with E-state index in [9.17, 15) is 27.4 Å². The molecular weight excluding hydrogens is 412 g/mol. The molecule has 0 saturated carbocycles. The summed E-state index contributed by atoms with van der Waals surface area (Å²) >= 11 is 0. The van der Waals surface area contributed by atoms with Crippen molar-refractivity contribution in [3.63, 3.8) is 0 Å². The highest BCUT2D eigenvalue weighted by Crippen LogP contribution is 2.30. The molecule has 0 spiro atoms. The van der Waals surface area contributed by atoms with Crippen LogP contribution in [0.3, 0.4) is 0 Å². The van der Waals surface area contributed by atoms with Gasteiger partial charge in [-0.1, -0.05) is 18.2 Å². The van der Waals surface area contributed by atoms with Gasteiger partial charge >= 0.3 is 0 Å². The Morgan fingerprint density at radius 1 is 0.967 bits per heavy atom. The van der Waals surface area contributed by atoms with Crippen molar-refractivity contribution in [3.05, 3.63) is 76.1 Å². The van der Waals surface area contributed by atoms with Crippen LogP contribution in [0, 0.1) is 0 Å². The summed E-state index contributed by atoms with van der Waals surface area (Å²) in [5.41, 5.74) is 5.79. The zero-order chi connectivity index (χ0) is 21.6. The first-order valence-corrected chi connectivity index (χ1v) is 9.96. The number of nitrogens with zero attached hydrogens (tertiary/aromatic N) is 1. The highest BCUT2D eigenvalue weighted by Gasteiger charge is 2.32. The normalized spacial score (nSPS) is 13.1. The Kier molecular flexibility index (Phi) is 4.41. The largest absolute Gasteiger partial charge is 0.384 e. The number of nitrogens with two attached hydrogens (primary N) is 1. The SMILES string of the molecule is Nc1c2c(cc(=O)n1-c1cc(S(=O)(=O)O)ccc1Nc1ccccc1)C(=O)NC2=O. The number of carbonyl (C=O) groups is 2. The maximum absolute atomic E-state index is 12.8. The van der Waals surface area contributed by atoms with Crippen LogP contribution in [0.15, 0.2) is 64.3 Å². The number of anilines is 3. The molecule has 0 atom stereocenters. The van der Waals surface area contributed by atoms with E-state index in [0.29, 0.717) is 5.69 Å². The van der Waals surface area contributed by atoms with Crippen molar-refractivity contribution in [1.82, 2.24) is 9.88 Å². The second-order valence-corrected chi connectivity index (χ2v) is 7.84. The van der Waals surface area contributed by atoms with Crippen molar-refractivity contribution in [2.45, 2.75) is 4.90 Å². The molecule has 152 valence electrons. The van der Waals surface area contributed by atoms with E-state index in [1.807, 2.05) is 0 Å². The zero-order valence-corrected chi connectivity index (χ0v) is 15.9. The molecule has 11 heteroatoms. The van der Waals surface area contributed by atoms with Crippen LogP contribution in [-0.4, -0.2) is 29.4 Å². The Morgan fingerprint density at radius 3 is 2.33 bits per heavy atom. The predicted octanol–water partition coefficient (Wildman–Crippen LogP) is 1.29. The number of para-hydroxylation sites is 1. The van der Waals surface area contributed by atoms with Crippen LogP contribution >= 0.6 is 0 Å². The van der Waals surface area contributed by atoms with Crippen LogP contribution in [0.1, 0.15) is 20.7 Å².